The van der Waals surface area contributed by atoms with Crippen LogP contribution in [0.5, 0.6) is 5.75 Å². The smallest absolute Gasteiger partial charge is 0.159 e. The molecule has 2 aromatic rings. The van der Waals surface area contributed by atoms with Gasteiger partial charge in [0, 0.05) is 12.8 Å². The number of para-hydroxylation sites is 1. The fraction of sp³-hybridized carbons (Fsp3) is 0.211. The number of benzene rings is 2. The molecule has 2 heteroatoms. The van der Waals surface area contributed by atoms with Crippen LogP contribution in [0.25, 0.3) is 6.08 Å². The Morgan fingerprint density at radius 1 is 0.952 bits per heavy atom. The van der Waals surface area contributed by atoms with Crippen LogP contribution in [-0.4, -0.2) is 11.9 Å². The minimum absolute atomic E-state index is 0.0834. The van der Waals surface area contributed by atoms with Crippen LogP contribution in [-0.2, 0) is 4.79 Å². The lowest BCUT2D eigenvalue weighted by atomic mass is 9.90. The molecule has 0 spiro atoms. The van der Waals surface area contributed by atoms with Crippen LogP contribution < -0.4 is 4.74 Å². The van der Waals surface area contributed by atoms with Crippen LogP contribution in [0.3, 0.4) is 0 Å². The summed E-state index contributed by atoms with van der Waals surface area (Å²) in [7, 11) is 0. The van der Waals surface area contributed by atoms with Crippen LogP contribution in [0.1, 0.15) is 24.8 Å². The fourth-order valence-electron chi connectivity index (χ4n) is 2.60. The first-order valence-electron chi connectivity index (χ1n) is 7.32. The van der Waals surface area contributed by atoms with Gasteiger partial charge in [0.25, 0.3) is 0 Å². The van der Waals surface area contributed by atoms with Gasteiger partial charge < -0.3 is 4.74 Å². The number of rotatable bonds is 3. The van der Waals surface area contributed by atoms with Crippen molar-refractivity contribution in [3.8, 4) is 5.75 Å². The van der Waals surface area contributed by atoms with E-state index in [-0.39, 0.29) is 11.9 Å². The van der Waals surface area contributed by atoms with Crippen molar-refractivity contribution in [2.24, 2.45) is 0 Å². The molecule has 0 saturated heterocycles. The van der Waals surface area contributed by atoms with Crippen LogP contribution in [0.15, 0.2) is 66.2 Å². The van der Waals surface area contributed by atoms with Gasteiger partial charge in [-0.3, -0.25) is 4.79 Å². The molecule has 0 N–H and O–H groups in total. The van der Waals surface area contributed by atoms with Crippen molar-refractivity contribution in [1.29, 1.82) is 0 Å². The predicted molar refractivity (Wildman–Crippen MR) is 84.1 cm³/mol. The van der Waals surface area contributed by atoms with Crippen LogP contribution in [0.2, 0.25) is 0 Å². The van der Waals surface area contributed by atoms with E-state index in [2.05, 4.69) is 0 Å². The summed E-state index contributed by atoms with van der Waals surface area (Å²) in [5, 5.41) is 0. The first kappa shape index (κ1) is 13.6. The molecular weight excluding hydrogens is 260 g/mol. The van der Waals surface area contributed by atoms with Gasteiger partial charge in [0.2, 0.25) is 0 Å². The average Bonchev–Trinajstić information content (AvgIpc) is 2.53. The summed E-state index contributed by atoms with van der Waals surface area (Å²) < 4.78 is 5.98. The molecule has 1 aliphatic carbocycles. The molecule has 0 aromatic heterocycles. The van der Waals surface area contributed by atoms with Gasteiger partial charge in [-0.2, -0.15) is 0 Å². The number of hydrogen-bond donors (Lipinski definition) is 0. The van der Waals surface area contributed by atoms with Crippen LogP contribution >= 0.6 is 0 Å². The molecule has 0 aliphatic heterocycles. The number of ketones is 1. The Hall–Kier alpha value is -2.35. The van der Waals surface area contributed by atoms with Crippen molar-refractivity contribution in [2.45, 2.75) is 25.4 Å². The fourth-order valence-corrected chi connectivity index (χ4v) is 2.60. The Kier molecular flexibility index (Phi) is 4.15. The highest BCUT2D eigenvalue weighted by Crippen LogP contribution is 2.26. The molecule has 0 bridgehead atoms. The van der Waals surface area contributed by atoms with E-state index in [1.54, 1.807) is 0 Å². The zero-order valence-electron chi connectivity index (χ0n) is 11.9. The van der Waals surface area contributed by atoms with Crippen molar-refractivity contribution in [3.63, 3.8) is 0 Å². The average molecular weight is 278 g/mol. The monoisotopic (exact) mass is 278 g/mol. The summed E-state index contributed by atoms with van der Waals surface area (Å²) in [6, 6.07) is 19.8. The van der Waals surface area contributed by atoms with Gasteiger partial charge in [-0.25, -0.2) is 0 Å². The van der Waals surface area contributed by atoms with E-state index in [0.717, 1.165) is 23.3 Å². The van der Waals surface area contributed by atoms with Gasteiger partial charge in [-0.1, -0.05) is 48.5 Å². The Morgan fingerprint density at radius 2 is 1.62 bits per heavy atom. The maximum atomic E-state index is 12.1. The largest absolute Gasteiger partial charge is 0.490 e. The molecule has 1 atom stereocenters. The molecule has 1 saturated carbocycles. The molecule has 3 rings (SSSR count). The summed E-state index contributed by atoms with van der Waals surface area (Å²) in [5.74, 6) is 1.11. The van der Waals surface area contributed by atoms with Crippen molar-refractivity contribution >= 4 is 11.9 Å². The third-order valence-electron chi connectivity index (χ3n) is 3.69. The van der Waals surface area contributed by atoms with E-state index in [1.165, 1.54) is 0 Å². The molecule has 0 radical (unpaired) electrons. The Balaban J connectivity index is 1.73. The molecule has 2 nitrogen and oxygen atoms in total. The number of hydrogen-bond acceptors (Lipinski definition) is 2. The molecule has 1 unspecified atom stereocenters. The first-order valence-corrected chi connectivity index (χ1v) is 7.32. The van der Waals surface area contributed by atoms with Crippen molar-refractivity contribution in [2.75, 3.05) is 0 Å². The Bertz CT molecular complexity index is 629. The minimum Gasteiger partial charge on any atom is -0.490 e. The number of ether oxygens (including phenoxy) is 1. The highest BCUT2D eigenvalue weighted by Gasteiger charge is 2.24. The summed E-state index contributed by atoms with van der Waals surface area (Å²) in [6.45, 7) is 0. The number of carbonyl (C=O) groups excluding carboxylic acids is 1. The maximum absolute atomic E-state index is 12.1. The van der Waals surface area contributed by atoms with Crippen molar-refractivity contribution in [3.05, 3.63) is 71.8 Å². The van der Waals surface area contributed by atoms with Crippen molar-refractivity contribution in [1.82, 2.24) is 0 Å². The zero-order valence-corrected chi connectivity index (χ0v) is 11.9. The number of carbonyl (C=O) groups is 1. The zero-order chi connectivity index (χ0) is 14.5. The third-order valence-corrected chi connectivity index (χ3v) is 3.69. The lowest BCUT2D eigenvalue weighted by Crippen LogP contribution is -2.26. The minimum atomic E-state index is 0.0834. The highest BCUT2D eigenvalue weighted by atomic mass is 16.5. The van der Waals surface area contributed by atoms with Crippen molar-refractivity contribution < 1.29 is 9.53 Å². The standard InChI is InChI=1S/C19H18O2/c20-19-12-11-18(21-17-9-5-2-6-10-17)14-16(19)13-15-7-3-1-4-8-15/h1-10,13,18H,11-12,14H2. The van der Waals surface area contributed by atoms with E-state index in [1.807, 2.05) is 66.7 Å². The quantitative estimate of drug-likeness (QED) is 0.784. The second-order valence-electron chi connectivity index (χ2n) is 5.30. The lowest BCUT2D eigenvalue weighted by molar-refractivity contribution is -0.117. The normalized spacial score (nSPS) is 20.5. The SMILES string of the molecule is O=C1CCC(Oc2ccccc2)CC1=Cc1ccccc1. The predicted octanol–water partition coefficient (Wildman–Crippen LogP) is 4.27. The van der Waals surface area contributed by atoms with Gasteiger partial charge in [-0.05, 0) is 35.8 Å². The summed E-state index contributed by atoms with van der Waals surface area (Å²) in [4.78, 5) is 12.1. The highest BCUT2D eigenvalue weighted by molar-refractivity contribution is 6.00. The maximum Gasteiger partial charge on any atom is 0.159 e. The van der Waals surface area contributed by atoms with E-state index in [0.29, 0.717) is 12.8 Å². The molecule has 1 aliphatic rings. The molecule has 1 fully saturated rings. The van der Waals surface area contributed by atoms with E-state index in [9.17, 15) is 4.79 Å². The van der Waals surface area contributed by atoms with Gasteiger partial charge >= 0.3 is 0 Å². The Labute approximate surface area is 125 Å². The molecular formula is C19H18O2. The second kappa shape index (κ2) is 6.40. The summed E-state index contributed by atoms with van der Waals surface area (Å²) in [5.41, 5.74) is 1.94. The van der Waals surface area contributed by atoms with Gasteiger partial charge in [0.05, 0.1) is 0 Å². The van der Waals surface area contributed by atoms with E-state index < -0.39 is 0 Å². The number of Topliss-reactive ketones (excluding diaryl/α,β-unsaturated/α-hetero) is 1. The third kappa shape index (κ3) is 3.60. The molecule has 2 aromatic carbocycles. The molecule has 0 amide bonds. The molecule has 21 heavy (non-hydrogen) atoms. The molecule has 0 heterocycles. The topological polar surface area (TPSA) is 26.3 Å². The molecule has 106 valence electrons. The van der Waals surface area contributed by atoms with Crippen LogP contribution in [0, 0.1) is 0 Å². The van der Waals surface area contributed by atoms with Gasteiger partial charge in [-0.15, -0.1) is 0 Å². The lowest BCUT2D eigenvalue weighted by Gasteiger charge is -2.24. The van der Waals surface area contributed by atoms with Gasteiger partial charge in [0.1, 0.15) is 11.9 Å². The van der Waals surface area contributed by atoms with Gasteiger partial charge in [0.15, 0.2) is 5.78 Å². The second-order valence-corrected chi connectivity index (χ2v) is 5.30. The first-order chi connectivity index (χ1) is 10.3. The van der Waals surface area contributed by atoms with E-state index >= 15 is 0 Å². The van der Waals surface area contributed by atoms with Crippen LogP contribution in [0.4, 0.5) is 0 Å². The Morgan fingerprint density at radius 3 is 2.33 bits per heavy atom. The summed E-state index contributed by atoms with van der Waals surface area (Å²) in [6.07, 6.45) is 4.11. The summed E-state index contributed by atoms with van der Waals surface area (Å²) >= 11 is 0. The van der Waals surface area contributed by atoms with E-state index in [4.69, 9.17) is 4.74 Å².